The Morgan fingerprint density at radius 1 is 0.972 bits per heavy atom. The topological polar surface area (TPSA) is 88.6 Å². The largest absolute Gasteiger partial charge is 0.497 e. The normalized spacial score (nSPS) is 12.6. The molecule has 3 aromatic carbocycles. The summed E-state index contributed by atoms with van der Waals surface area (Å²) >= 11 is 1.53. The average molecular weight is 498 g/mol. The summed E-state index contributed by atoms with van der Waals surface area (Å²) < 4.78 is 5.15. The predicted octanol–water partition coefficient (Wildman–Crippen LogP) is 4.85. The number of methoxy groups -OCH3 is 1. The summed E-state index contributed by atoms with van der Waals surface area (Å²) in [6.45, 7) is 2.44. The zero-order valence-corrected chi connectivity index (χ0v) is 20.6. The minimum atomic E-state index is -0.414. The molecule has 1 N–H and O–H groups in total. The molecular weight excluding hydrogens is 474 g/mol. The molecule has 0 unspecified atom stereocenters. The summed E-state index contributed by atoms with van der Waals surface area (Å²) in [5, 5.41) is 5.68. The molecule has 1 aliphatic rings. The number of thiazole rings is 1. The van der Waals surface area contributed by atoms with Gasteiger partial charge in [-0.2, -0.15) is 0 Å². The maximum atomic E-state index is 13.0. The van der Waals surface area contributed by atoms with Crippen molar-refractivity contribution in [2.45, 2.75) is 20.0 Å². The Kier molecular flexibility index (Phi) is 6.35. The van der Waals surface area contributed by atoms with Crippen molar-refractivity contribution in [3.63, 3.8) is 0 Å². The molecule has 4 aromatic rings. The van der Waals surface area contributed by atoms with Crippen LogP contribution < -0.4 is 10.1 Å². The Hall–Kier alpha value is -4.30. The molecule has 0 fully saturated rings. The Labute approximate surface area is 212 Å². The van der Waals surface area contributed by atoms with Gasteiger partial charge in [0.1, 0.15) is 10.8 Å². The molecule has 7 nitrogen and oxygen atoms in total. The fourth-order valence-electron chi connectivity index (χ4n) is 4.09. The third kappa shape index (κ3) is 4.50. The Morgan fingerprint density at radius 2 is 1.72 bits per heavy atom. The fraction of sp³-hybridized carbons (Fsp3) is 0.143. The van der Waals surface area contributed by atoms with E-state index in [2.05, 4.69) is 10.3 Å². The second kappa shape index (κ2) is 9.75. The van der Waals surface area contributed by atoms with Crippen LogP contribution in [0, 0.1) is 6.92 Å². The van der Waals surface area contributed by atoms with E-state index in [4.69, 9.17) is 4.74 Å². The molecule has 0 spiro atoms. The lowest BCUT2D eigenvalue weighted by Crippen LogP contribution is -2.29. The highest BCUT2D eigenvalue weighted by atomic mass is 32.1. The van der Waals surface area contributed by atoms with Crippen LogP contribution in [0.3, 0.4) is 0 Å². The number of aromatic nitrogens is 1. The molecule has 0 saturated carbocycles. The van der Waals surface area contributed by atoms with Gasteiger partial charge < -0.3 is 10.1 Å². The van der Waals surface area contributed by atoms with Gasteiger partial charge in [0.25, 0.3) is 17.7 Å². The SMILES string of the molecule is COc1ccc(CN2C(=O)c3ccc(C(=O)NCc4csc(-c5ccccc5C)n4)cc3C2=O)cc1. The zero-order chi connectivity index (χ0) is 25.2. The van der Waals surface area contributed by atoms with Crippen LogP contribution in [0.5, 0.6) is 5.75 Å². The maximum absolute atomic E-state index is 13.0. The highest BCUT2D eigenvalue weighted by molar-refractivity contribution is 7.13. The van der Waals surface area contributed by atoms with Gasteiger partial charge >= 0.3 is 0 Å². The van der Waals surface area contributed by atoms with Gasteiger partial charge in [0.2, 0.25) is 0 Å². The maximum Gasteiger partial charge on any atom is 0.261 e. The number of benzene rings is 3. The number of carbonyl (C=O) groups is 3. The van der Waals surface area contributed by atoms with Gasteiger partial charge in [0.15, 0.2) is 0 Å². The number of fused-ring (bicyclic) bond motifs is 1. The molecule has 1 aromatic heterocycles. The molecule has 36 heavy (non-hydrogen) atoms. The fourth-order valence-corrected chi connectivity index (χ4v) is 5.00. The quantitative estimate of drug-likeness (QED) is 0.369. The van der Waals surface area contributed by atoms with E-state index in [1.54, 1.807) is 25.3 Å². The number of nitrogens with zero attached hydrogens (tertiary/aromatic N) is 2. The molecule has 0 radical (unpaired) electrons. The van der Waals surface area contributed by atoms with Gasteiger partial charge in [-0.1, -0.05) is 36.4 Å². The van der Waals surface area contributed by atoms with Gasteiger partial charge in [-0.15, -0.1) is 11.3 Å². The Bertz CT molecular complexity index is 1480. The number of ether oxygens (including phenoxy) is 1. The van der Waals surface area contributed by atoms with Crippen LogP contribution in [-0.4, -0.2) is 34.7 Å². The predicted molar refractivity (Wildman–Crippen MR) is 137 cm³/mol. The van der Waals surface area contributed by atoms with Crippen LogP contribution in [0.25, 0.3) is 10.6 Å². The number of hydrogen-bond acceptors (Lipinski definition) is 6. The highest BCUT2D eigenvalue weighted by Gasteiger charge is 2.36. The van der Waals surface area contributed by atoms with E-state index in [9.17, 15) is 14.4 Å². The third-order valence-electron chi connectivity index (χ3n) is 6.09. The summed E-state index contributed by atoms with van der Waals surface area (Å²) in [6.07, 6.45) is 0. The lowest BCUT2D eigenvalue weighted by molar-refractivity contribution is 0.0642. The molecular formula is C28H23N3O4S. The minimum absolute atomic E-state index is 0.144. The van der Waals surface area contributed by atoms with Crippen LogP contribution in [0.4, 0.5) is 0 Å². The zero-order valence-electron chi connectivity index (χ0n) is 19.8. The summed E-state index contributed by atoms with van der Waals surface area (Å²) in [7, 11) is 1.58. The first-order chi connectivity index (χ1) is 17.4. The molecule has 0 saturated heterocycles. The number of carbonyl (C=O) groups excluding carboxylic acids is 3. The van der Waals surface area contributed by atoms with Crippen LogP contribution in [0.15, 0.2) is 72.1 Å². The van der Waals surface area contributed by atoms with Crippen molar-refractivity contribution in [3.8, 4) is 16.3 Å². The molecule has 5 rings (SSSR count). The van der Waals surface area contributed by atoms with E-state index in [-0.39, 0.29) is 30.5 Å². The van der Waals surface area contributed by atoms with Crippen LogP contribution >= 0.6 is 11.3 Å². The van der Waals surface area contributed by atoms with Gasteiger partial charge in [-0.3, -0.25) is 19.3 Å². The summed E-state index contributed by atoms with van der Waals surface area (Å²) in [5.74, 6) is -0.426. The molecule has 2 heterocycles. The van der Waals surface area contributed by atoms with E-state index < -0.39 is 5.91 Å². The summed E-state index contributed by atoms with van der Waals surface area (Å²) in [4.78, 5) is 44.5. The second-order valence-corrected chi connectivity index (χ2v) is 9.30. The number of rotatable bonds is 7. The monoisotopic (exact) mass is 497 g/mol. The van der Waals surface area contributed by atoms with Crippen LogP contribution in [0.1, 0.15) is 47.9 Å². The Balaban J connectivity index is 1.26. The van der Waals surface area contributed by atoms with E-state index in [0.29, 0.717) is 16.9 Å². The number of amides is 3. The van der Waals surface area contributed by atoms with Crippen molar-refractivity contribution in [3.05, 3.63) is 106 Å². The first kappa shape index (κ1) is 23.4. The standard InChI is InChI=1S/C28H23N3O4S/c1-17-5-3-4-6-22(17)26-30-20(16-36-26)14-29-25(32)19-9-12-23-24(13-19)28(34)31(27(23)33)15-18-7-10-21(35-2)11-8-18/h3-13,16H,14-15H2,1-2H3,(H,29,32). The summed E-state index contributed by atoms with van der Waals surface area (Å²) in [6, 6.07) is 19.8. The molecule has 3 amide bonds. The first-order valence-corrected chi connectivity index (χ1v) is 12.2. The first-order valence-electron chi connectivity index (χ1n) is 11.4. The minimum Gasteiger partial charge on any atom is -0.497 e. The van der Waals surface area contributed by atoms with Crippen molar-refractivity contribution in [2.75, 3.05) is 7.11 Å². The lowest BCUT2D eigenvalue weighted by atomic mass is 10.1. The van der Waals surface area contributed by atoms with Gasteiger partial charge in [0, 0.05) is 16.5 Å². The van der Waals surface area contributed by atoms with Gasteiger partial charge in [0.05, 0.1) is 37.0 Å². The Morgan fingerprint density at radius 3 is 2.47 bits per heavy atom. The van der Waals surface area contributed by atoms with E-state index >= 15 is 0 Å². The average Bonchev–Trinajstić information content (AvgIpc) is 3.46. The van der Waals surface area contributed by atoms with Crippen molar-refractivity contribution in [2.24, 2.45) is 0 Å². The van der Waals surface area contributed by atoms with Crippen molar-refractivity contribution in [1.82, 2.24) is 15.2 Å². The highest BCUT2D eigenvalue weighted by Crippen LogP contribution is 2.28. The van der Waals surface area contributed by atoms with Crippen molar-refractivity contribution >= 4 is 29.1 Å². The lowest BCUT2D eigenvalue weighted by Gasteiger charge is -2.14. The molecule has 0 atom stereocenters. The third-order valence-corrected chi connectivity index (χ3v) is 7.01. The molecule has 8 heteroatoms. The van der Waals surface area contributed by atoms with Crippen LogP contribution in [0.2, 0.25) is 0 Å². The van der Waals surface area contributed by atoms with E-state index in [1.807, 2.05) is 48.7 Å². The molecule has 0 aliphatic carbocycles. The molecule has 180 valence electrons. The number of hydrogen-bond donors (Lipinski definition) is 1. The van der Waals surface area contributed by atoms with Gasteiger partial charge in [-0.05, 0) is 48.4 Å². The number of imide groups is 1. The number of nitrogens with one attached hydrogen (secondary N) is 1. The van der Waals surface area contributed by atoms with Crippen molar-refractivity contribution in [1.29, 1.82) is 0 Å². The van der Waals surface area contributed by atoms with E-state index in [1.165, 1.54) is 28.4 Å². The molecule has 0 bridgehead atoms. The van der Waals surface area contributed by atoms with Gasteiger partial charge in [-0.25, -0.2) is 4.98 Å². The van der Waals surface area contributed by atoms with Crippen LogP contribution in [-0.2, 0) is 13.1 Å². The molecule has 1 aliphatic heterocycles. The second-order valence-electron chi connectivity index (χ2n) is 8.45. The van der Waals surface area contributed by atoms with E-state index in [0.717, 1.165) is 27.4 Å². The number of aryl methyl sites for hydroxylation is 1. The summed E-state index contributed by atoms with van der Waals surface area (Å²) in [5.41, 5.74) is 4.61. The smallest absolute Gasteiger partial charge is 0.261 e. The van der Waals surface area contributed by atoms with Crippen molar-refractivity contribution < 1.29 is 19.1 Å².